The van der Waals surface area contributed by atoms with Crippen LogP contribution in [-0.4, -0.2) is 19.1 Å². The minimum atomic E-state index is 0.617. The monoisotopic (exact) mass is 214 g/mol. The first-order valence-corrected chi connectivity index (χ1v) is 6.40. The Labute approximate surface area is 96.0 Å². The van der Waals surface area contributed by atoms with Gasteiger partial charge in [0.05, 0.1) is 0 Å². The fourth-order valence-corrected chi connectivity index (χ4v) is 1.63. The van der Waals surface area contributed by atoms with Crippen molar-refractivity contribution in [1.82, 2.24) is 5.32 Å². The second-order valence-corrected chi connectivity index (χ2v) is 5.52. The largest absolute Gasteiger partial charge is 0.330 e. The maximum atomic E-state index is 5.74. The summed E-state index contributed by atoms with van der Waals surface area (Å²) in [7, 11) is 0. The Bertz CT molecular complexity index is 143. The molecule has 0 bridgehead atoms. The van der Waals surface area contributed by atoms with E-state index in [2.05, 4.69) is 39.9 Å². The number of nitrogens with two attached hydrogens (primary N) is 1. The van der Waals surface area contributed by atoms with E-state index in [1.807, 2.05) is 0 Å². The highest BCUT2D eigenvalue weighted by molar-refractivity contribution is 4.70. The molecule has 0 fully saturated rings. The molecule has 0 rings (SSSR count). The summed E-state index contributed by atoms with van der Waals surface area (Å²) in [5.74, 6) is 2.11. The molecule has 15 heavy (non-hydrogen) atoms. The Morgan fingerprint density at radius 2 is 1.60 bits per heavy atom. The average Bonchev–Trinajstić information content (AvgIpc) is 2.15. The predicted octanol–water partition coefficient (Wildman–Crippen LogP) is 2.63. The minimum Gasteiger partial charge on any atom is -0.330 e. The van der Waals surface area contributed by atoms with Crippen molar-refractivity contribution < 1.29 is 0 Å². The van der Waals surface area contributed by atoms with E-state index in [0.717, 1.165) is 19.0 Å². The van der Waals surface area contributed by atoms with Crippen molar-refractivity contribution in [3.05, 3.63) is 0 Å². The van der Waals surface area contributed by atoms with Crippen LogP contribution in [0.4, 0.5) is 0 Å². The van der Waals surface area contributed by atoms with Gasteiger partial charge in [0.1, 0.15) is 0 Å². The highest BCUT2D eigenvalue weighted by atomic mass is 14.9. The molecular weight excluding hydrogens is 184 g/mol. The van der Waals surface area contributed by atoms with Crippen LogP contribution in [0.25, 0.3) is 0 Å². The Morgan fingerprint density at radius 1 is 1.00 bits per heavy atom. The first-order chi connectivity index (χ1) is 6.97. The highest BCUT2D eigenvalue weighted by Gasteiger charge is 2.12. The lowest BCUT2D eigenvalue weighted by molar-refractivity contribution is 0.343. The molecule has 0 amide bonds. The molecule has 2 nitrogen and oxygen atoms in total. The molecule has 2 atom stereocenters. The molecule has 0 aliphatic heterocycles. The Morgan fingerprint density at radius 3 is 2.00 bits per heavy atom. The fourth-order valence-electron chi connectivity index (χ4n) is 1.63. The minimum absolute atomic E-state index is 0.617. The van der Waals surface area contributed by atoms with Crippen molar-refractivity contribution in [1.29, 1.82) is 0 Å². The van der Waals surface area contributed by atoms with Gasteiger partial charge < -0.3 is 11.1 Å². The standard InChI is InChI=1S/C13H30N2/c1-10(2)6-7-12(5)15-9-13(8-14)11(3)4/h10-13,15H,6-9,14H2,1-5H3. The summed E-state index contributed by atoms with van der Waals surface area (Å²) < 4.78 is 0. The van der Waals surface area contributed by atoms with Gasteiger partial charge in [0, 0.05) is 6.04 Å². The summed E-state index contributed by atoms with van der Waals surface area (Å²) in [6.07, 6.45) is 2.58. The molecule has 0 saturated carbocycles. The summed E-state index contributed by atoms with van der Waals surface area (Å²) in [5.41, 5.74) is 5.74. The van der Waals surface area contributed by atoms with Gasteiger partial charge in [-0.15, -0.1) is 0 Å². The van der Waals surface area contributed by atoms with Gasteiger partial charge >= 0.3 is 0 Å². The molecule has 2 unspecified atom stereocenters. The molecule has 3 N–H and O–H groups in total. The summed E-state index contributed by atoms with van der Waals surface area (Å²) in [5, 5.41) is 3.59. The van der Waals surface area contributed by atoms with Crippen molar-refractivity contribution in [2.24, 2.45) is 23.5 Å². The Balaban J connectivity index is 3.63. The summed E-state index contributed by atoms with van der Waals surface area (Å²) in [6.45, 7) is 13.2. The molecule has 0 aromatic rings. The third-order valence-corrected chi connectivity index (χ3v) is 3.15. The quantitative estimate of drug-likeness (QED) is 0.652. The van der Waals surface area contributed by atoms with Crippen LogP contribution in [0.15, 0.2) is 0 Å². The number of nitrogens with one attached hydrogen (secondary N) is 1. The normalized spacial score (nSPS) is 16.0. The van der Waals surface area contributed by atoms with E-state index in [4.69, 9.17) is 5.73 Å². The molecule has 2 heteroatoms. The van der Waals surface area contributed by atoms with Crippen LogP contribution in [0.1, 0.15) is 47.5 Å². The predicted molar refractivity (Wildman–Crippen MR) is 68.9 cm³/mol. The van der Waals surface area contributed by atoms with Crippen LogP contribution in [0.2, 0.25) is 0 Å². The molecule has 0 aliphatic rings. The zero-order valence-corrected chi connectivity index (χ0v) is 11.2. The molecular formula is C13H30N2. The van der Waals surface area contributed by atoms with E-state index in [1.165, 1.54) is 12.8 Å². The molecule has 0 aromatic carbocycles. The van der Waals surface area contributed by atoms with Crippen molar-refractivity contribution >= 4 is 0 Å². The fraction of sp³-hybridized carbons (Fsp3) is 1.00. The average molecular weight is 214 g/mol. The Hall–Kier alpha value is -0.0800. The SMILES string of the molecule is CC(C)CCC(C)NCC(CN)C(C)C. The van der Waals surface area contributed by atoms with Gasteiger partial charge in [-0.2, -0.15) is 0 Å². The lowest BCUT2D eigenvalue weighted by Gasteiger charge is -2.22. The third-order valence-electron chi connectivity index (χ3n) is 3.15. The third kappa shape index (κ3) is 7.80. The smallest absolute Gasteiger partial charge is 0.00389 e. The first kappa shape index (κ1) is 14.9. The molecule has 0 radical (unpaired) electrons. The number of rotatable bonds is 8. The van der Waals surface area contributed by atoms with E-state index in [-0.39, 0.29) is 0 Å². The van der Waals surface area contributed by atoms with Gasteiger partial charge in [0.15, 0.2) is 0 Å². The van der Waals surface area contributed by atoms with E-state index >= 15 is 0 Å². The maximum absolute atomic E-state index is 5.74. The topological polar surface area (TPSA) is 38.0 Å². The second kappa shape index (κ2) is 8.12. The molecule has 92 valence electrons. The maximum Gasteiger partial charge on any atom is 0.00389 e. The van der Waals surface area contributed by atoms with Gasteiger partial charge in [-0.05, 0) is 50.6 Å². The lowest BCUT2D eigenvalue weighted by Crippen LogP contribution is -2.36. The number of hydrogen-bond acceptors (Lipinski definition) is 2. The van der Waals surface area contributed by atoms with E-state index in [1.54, 1.807) is 0 Å². The van der Waals surface area contributed by atoms with Crippen LogP contribution in [0.5, 0.6) is 0 Å². The van der Waals surface area contributed by atoms with Crippen molar-refractivity contribution in [2.75, 3.05) is 13.1 Å². The van der Waals surface area contributed by atoms with Crippen LogP contribution in [0.3, 0.4) is 0 Å². The highest BCUT2D eigenvalue weighted by Crippen LogP contribution is 2.10. The Kier molecular flexibility index (Phi) is 8.07. The van der Waals surface area contributed by atoms with Crippen molar-refractivity contribution in [2.45, 2.75) is 53.5 Å². The van der Waals surface area contributed by atoms with Crippen molar-refractivity contribution in [3.8, 4) is 0 Å². The van der Waals surface area contributed by atoms with Gasteiger partial charge in [-0.25, -0.2) is 0 Å². The zero-order valence-electron chi connectivity index (χ0n) is 11.2. The van der Waals surface area contributed by atoms with E-state index in [9.17, 15) is 0 Å². The molecule has 0 saturated heterocycles. The van der Waals surface area contributed by atoms with Gasteiger partial charge in [-0.3, -0.25) is 0 Å². The summed E-state index contributed by atoms with van der Waals surface area (Å²) in [4.78, 5) is 0. The van der Waals surface area contributed by atoms with E-state index in [0.29, 0.717) is 17.9 Å². The van der Waals surface area contributed by atoms with Crippen LogP contribution < -0.4 is 11.1 Å². The summed E-state index contributed by atoms with van der Waals surface area (Å²) >= 11 is 0. The van der Waals surface area contributed by atoms with Crippen molar-refractivity contribution in [3.63, 3.8) is 0 Å². The zero-order chi connectivity index (χ0) is 11.8. The van der Waals surface area contributed by atoms with Crippen LogP contribution in [0, 0.1) is 17.8 Å². The van der Waals surface area contributed by atoms with E-state index < -0.39 is 0 Å². The number of hydrogen-bond donors (Lipinski definition) is 2. The van der Waals surface area contributed by atoms with Gasteiger partial charge in [0.25, 0.3) is 0 Å². The van der Waals surface area contributed by atoms with Gasteiger partial charge in [0.2, 0.25) is 0 Å². The molecule has 0 heterocycles. The lowest BCUT2D eigenvalue weighted by atomic mass is 9.95. The molecule has 0 spiro atoms. The van der Waals surface area contributed by atoms with Crippen LogP contribution in [-0.2, 0) is 0 Å². The molecule has 0 aromatic heterocycles. The molecule has 0 aliphatic carbocycles. The van der Waals surface area contributed by atoms with Crippen LogP contribution >= 0.6 is 0 Å². The summed E-state index contributed by atoms with van der Waals surface area (Å²) in [6, 6.07) is 0.625. The van der Waals surface area contributed by atoms with Gasteiger partial charge in [-0.1, -0.05) is 27.7 Å². The first-order valence-electron chi connectivity index (χ1n) is 6.40. The second-order valence-electron chi connectivity index (χ2n) is 5.52.